The smallest absolute Gasteiger partial charge is 0.161 e. The Labute approximate surface area is 119 Å². The molecule has 0 aromatic heterocycles. The topological polar surface area (TPSA) is 45.2 Å². The molecule has 1 N–H and O–H groups in total. The first-order valence-electron chi connectivity index (χ1n) is 7.21. The van der Waals surface area contributed by atoms with E-state index in [0.717, 1.165) is 43.2 Å². The predicted molar refractivity (Wildman–Crippen MR) is 76.3 cm³/mol. The van der Waals surface area contributed by atoms with Crippen molar-refractivity contribution >= 4 is 0 Å². The molecule has 2 heterocycles. The Kier molecular flexibility index (Phi) is 4.10. The summed E-state index contributed by atoms with van der Waals surface area (Å²) in [6.07, 6.45) is 0. The Balaban J connectivity index is 1.78. The van der Waals surface area contributed by atoms with Crippen molar-refractivity contribution in [3.63, 3.8) is 0 Å². The third kappa shape index (κ3) is 2.75. The van der Waals surface area contributed by atoms with Gasteiger partial charge in [-0.15, -0.1) is 0 Å². The summed E-state index contributed by atoms with van der Waals surface area (Å²) in [7, 11) is 2.13. The van der Waals surface area contributed by atoms with E-state index in [1.54, 1.807) is 0 Å². The van der Waals surface area contributed by atoms with Gasteiger partial charge in [0.15, 0.2) is 11.5 Å². The van der Waals surface area contributed by atoms with Crippen LogP contribution in [-0.2, 0) is 0 Å². The molecule has 2 aliphatic heterocycles. The van der Waals surface area contributed by atoms with Crippen molar-refractivity contribution in [2.45, 2.75) is 6.04 Å². The van der Waals surface area contributed by atoms with Gasteiger partial charge < -0.3 is 19.5 Å². The summed E-state index contributed by atoms with van der Waals surface area (Å²) in [4.78, 5) is 4.65. The van der Waals surface area contributed by atoms with Crippen molar-refractivity contribution in [2.75, 3.05) is 53.0 Å². The minimum Gasteiger partial charge on any atom is -0.486 e. The predicted octanol–water partition coefficient (Wildman–Crippen LogP) is 0.739. The molecule has 5 nitrogen and oxygen atoms in total. The third-order valence-electron chi connectivity index (χ3n) is 4.10. The van der Waals surface area contributed by atoms with Crippen molar-refractivity contribution in [1.29, 1.82) is 0 Å². The Morgan fingerprint density at radius 1 is 1.10 bits per heavy atom. The fourth-order valence-electron chi connectivity index (χ4n) is 2.83. The first-order valence-corrected chi connectivity index (χ1v) is 7.21. The van der Waals surface area contributed by atoms with Crippen LogP contribution in [0.2, 0.25) is 0 Å². The molecule has 1 unspecified atom stereocenters. The SMILES string of the molecule is CN1CCN(C(CO)c2ccc3c(c2)OCCO3)CC1. The molecule has 5 heteroatoms. The molecule has 0 bridgehead atoms. The lowest BCUT2D eigenvalue weighted by molar-refractivity contribution is 0.0744. The molecular weight excluding hydrogens is 256 g/mol. The molecule has 1 saturated heterocycles. The number of rotatable bonds is 3. The van der Waals surface area contributed by atoms with Gasteiger partial charge in [-0.1, -0.05) is 6.07 Å². The van der Waals surface area contributed by atoms with Crippen LogP contribution in [0.15, 0.2) is 18.2 Å². The summed E-state index contributed by atoms with van der Waals surface area (Å²) in [5.41, 5.74) is 1.10. The molecule has 0 aliphatic carbocycles. The molecule has 1 aromatic rings. The number of benzene rings is 1. The quantitative estimate of drug-likeness (QED) is 0.883. The van der Waals surface area contributed by atoms with Crippen LogP contribution in [0, 0.1) is 0 Å². The molecule has 2 aliphatic rings. The molecule has 20 heavy (non-hydrogen) atoms. The first-order chi connectivity index (χ1) is 9.78. The summed E-state index contributed by atoms with van der Waals surface area (Å²) in [6.45, 7) is 5.38. The maximum atomic E-state index is 9.77. The number of aliphatic hydroxyl groups is 1. The summed E-state index contributed by atoms with van der Waals surface area (Å²) in [5.74, 6) is 1.59. The number of aliphatic hydroxyl groups excluding tert-OH is 1. The Hall–Kier alpha value is -1.30. The number of likely N-dealkylation sites (N-methyl/N-ethyl adjacent to an activating group) is 1. The molecule has 1 atom stereocenters. The highest BCUT2D eigenvalue weighted by atomic mass is 16.6. The van der Waals surface area contributed by atoms with Crippen LogP contribution in [-0.4, -0.2) is 68.0 Å². The molecule has 110 valence electrons. The standard InChI is InChI=1S/C15H22N2O3/c1-16-4-6-17(7-5-16)13(11-18)12-2-3-14-15(10-12)20-9-8-19-14/h2-3,10,13,18H,4-9,11H2,1H3. The van der Waals surface area contributed by atoms with E-state index in [9.17, 15) is 5.11 Å². The van der Waals surface area contributed by atoms with Crippen LogP contribution in [0.5, 0.6) is 11.5 Å². The molecule has 1 fully saturated rings. The highest BCUT2D eigenvalue weighted by Crippen LogP contribution is 2.34. The Morgan fingerprint density at radius 2 is 1.80 bits per heavy atom. The summed E-state index contributed by atoms with van der Waals surface area (Å²) in [6, 6.07) is 6.03. The van der Waals surface area contributed by atoms with E-state index in [-0.39, 0.29) is 12.6 Å². The van der Waals surface area contributed by atoms with Crippen LogP contribution in [0.25, 0.3) is 0 Å². The normalized spacial score (nSPS) is 21.7. The van der Waals surface area contributed by atoms with Gasteiger partial charge in [0, 0.05) is 26.2 Å². The average molecular weight is 278 g/mol. The molecule has 0 radical (unpaired) electrons. The van der Waals surface area contributed by atoms with Crippen LogP contribution in [0.4, 0.5) is 0 Å². The molecular formula is C15H22N2O3. The van der Waals surface area contributed by atoms with Gasteiger partial charge in [-0.25, -0.2) is 0 Å². The van der Waals surface area contributed by atoms with E-state index in [1.165, 1.54) is 0 Å². The second-order valence-corrected chi connectivity index (χ2v) is 5.44. The summed E-state index contributed by atoms with van der Waals surface area (Å²) in [5, 5.41) is 9.77. The molecule has 1 aromatic carbocycles. The van der Waals surface area contributed by atoms with Crippen LogP contribution in [0.1, 0.15) is 11.6 Å². The van der Waals surface area contributed by atoms with Gasteiger partial charge in [0.05, 0.1) is 12.6 Å². The minimum atomic E-state index is 0.0412. The van der Waals surface area contributed by atoms with Crippen molar-refractivity contribution in [3.8, 4) is 11.5 Å². The number of fused-ring (bicyclic) bond motifs is 1. The number of piperazine rings is 1. The van der Waals surface area contributed by atoms with Gasteiger partial charge in [0.25, 0.3) is 0 Å². The molecule has 0 saturated carbocycles. The largest absolute Gasteiger partial charge is 0.486 e. The first kappa shape index (κ1) is 13.7. The summed E-state index contributed by atoms with van der Waals surface area (Å²) < 4.78 is 11.2. The molecule has 0 spiro atoms. The van der Waals surface area contributed by atoms with E-state index in [1.807, 2.05) is 18.2 Å². The Bertz CT molecular complexity index is 458. The van der Waals surface area contributed by atoms with Crippen molar-refractivity contribution in [3.05, 3.63) is 23.8 Å². The maximum absolute atomic E-state index is 9.77. The van der Waals surface area contributed by atoms with Gasteiger partial charge in [0.1, 0.15) is 13.2 Å². The minimum absolute atomic E-state index is 0.0412. The van der Waals surface area contributed by atoms with Gasteiger partial charge in [0.2, 0.25) is 0 Å². The number of hydrogen-bond acceptors (Lipinski definition) is 5. The van der Waals surface area contributed by atoms with Gasteiger partial charge in [-0.05, 0) is 24.7 Å². The van der Waals surface area contributed by atoms with E-state index in [4.69, 9.17) is 9.47 Å². The highest BCUT2D eigenvalue weighted by molar-refractivity contribution is 5.44. The fraction of sp³-hybridized carbons (Fsp3) is 0.600. The zero-order valence-electron chi connectivity index (χ0n) is 11.9. The van der Waals surface area contributed by atoms with E-state index >= 15 is 0 Å². The van der Waals surface area contributed by atoms with E-state index in [2.05, 4.69) is 16.8 Å². The zero-order chi connectivity index (χ0) is 13.9. The second kappa shape index (κ2) is 5.99. The fourth-order valence-corrected chi connectivity index (χ4v) is 2.83. The van der Waals surface area contributed by atoms with Crippen molar-refractivity contribution in [2.24, 2.45) is 0 Å². The second-order valence-electron chi connectivity index (χ2n) is 5.44. The van der Waals surface area contributed by atoms with Gasteiger partial charge >= 0.3 is 0 Å². The summed E-state index contributed by atoms with van der Waals surface area (Å²) >= 11 is 0. The van der Waals surface area contributed by atoms with E-state index in [0.29, 0.717) is 13.2 Å². The van der Waals surface area contributed by atoms with Crippen molar-refractivity contribution < 1.29 is 14.6 Å². The number of hydrogen-bond donors (Lipinski definition) is 1. The lowest BCUT2D eigenvalue weighted by atomic mass is 10.0. The zero-order valence-corrected chi connectivity index (χ0v) is 11.9. The monoisotopic (exact) mass is 278 g/mol. The van der Waals surface area contributed by atoms with Crippen LogP contribution in [0.3, 0.4) is 0 Å². The third-order valence-corrected chi connectivity index (χ3v) is 4.10. The lowest BCUT2D eigenvalue weighted by Gasteiger charge is -2.37. The average Bonchev–Trinajstić information content (AvgIpc) is 2.50. The van der Waals surface area contributed by atoms with E-state index < -0.39 is 0 Å². The number of ether oxygens (including phenoxy) is 2. The Morgan fingerprint density at radius 3 is 2.50 bits per heavy atom. The highest BCUT2D eigenvalue weighted by Gasteiger charge is 2.24. The number of nitrogens with zero attached hydrogens (tertiary/aromatic N) is 2. The maximum Gasteiger partial charge on any atom is 0.161 e. The molecule has 3 rings (SSSR count). The van der Waals surface area contributed by atoms with Crippen LogP contribution >= 0.6 is 0 Å². The van der Waals surface area contributed by atoms with Crippen molar-refractivity contribution in [1.82, 2.24) is 9.80 Å². The molecule has 0 amide bonds. The van der Waals surface area contributed by atoms with Gasteiger partial charge in [-0.2, -0.15) is 0 Å². The lowest BCUT2D eigenvalue weighted by Crippen LogP contribution is -2.46. The van der Waals surface area contributed by atoms with Gasteiger partial charge in [-0.3, -0.25) is 4.90 Å². The van der Waals surface area contributed by atoms with Crippen LogP contribution < -0.4 is 9.47 Å².